The molecule has 0 amide bonds. The zero-order valence-electron chi connectivity index (χ0n) is 15.3. The number of fused-ring (bicyclic) bond motifs is 1. The Morgan fingerprint density at radius 1 is 0.893 bits per heavy atom. The van der Waals surface area contributed by atoms with Crippen molar-refractivity contribution >= 4 is 22.7 Å². The van der Waals surface area contributed by atoms with Crippen LogP contribution in [0, 0.1) is 6.92 Å². The number of nitrogens with zero attached hydrogens (tertiary/aromatic N) is 2. The number of rotatable bonds is 4. The lowest BCUT2D eigenvalue weighted by Gasteiger charge is -2.14. The van der Waals surface area contributed by atoms with Crippen molar-refractivity contribution in [1.29, 1.82) is 0 Å². The van der Waals surface area contributed by atoms with Gasteiger partial charge < -0.3 is 5.11 Å². The number of anilines is 1. The number of para-hydroxylation sites is 1. The summed E-state index contributed by atoms with van der Waals surface area (Å²) in [6.45, 7) is 1.97. The van der Waals surface area contributed by atoms with Crippen molar-refractivity contribution in [3.63, 3.8) is 0 Å². The molecule has 0 saturated heterocycles. The molecule has 4 rings (SSSR count). The Hall–Kier alpha value is -3.86. The minimum absolute atomic E-state index is 0.147. The predicted molar refractivity (Wildman–Crippen MR) is 114 cm³/mol. The Kier molecular flexibility index (Phi) is 4.64. The minimum Gasteiger partial charge on any atom is -0.494 e. The smallest absolute Gasteiger partial charge is 0.265 e. The fraction of sp³-hybridized carbons (Fsp3) is 0.0435. The summed E-state index contributed by atoms with van der Waals surface area (Å²) in [5.41, 5.74) is 5.64. The van der Waals surface area contributed by atoms with Crippen LogP contribution in [0.5, 0.6) is 5.88 Å². The summed E-state index contributed by atoms with van der Waals surface area (Å²) in [6.07, 6.45) is 1.54. The number of aryl methyl sites for hydroxylation is 1. The van der Waals surface area contributed by atoms with Crippen molar-refractivity contribution in [3.05, 3.63) is 100 Å². The van der Waals surface area contributed by atoms with Gasteiger partial charge >= 0.3 is 0 Å². The second kappa shape index (κ2) is 7.40. The van der Waals surface area contributed by atoms with Crippen LogP contribution in [0.1, 0.15) is 11.1 Å². The highest BCUT2D eigenvalue weighted by Crippen LogP contribution is 2.26. The van der Waals surface area contributed by atoms with Crippen molar-refractivity contribution in [2.45, 2.75) is 6.92 Å². The van der Waals surface area contributed by atoms with Crippen LogP contribution >= 0.6 is 0 Å². The number of benzene rings is 3. The van der Waals surface area contributed by atoms with Gasteiger partial charge in [0, 0.05) is 10.8 Å². The first-order valence-corrected chi connectivity index (χ1v) is 8.93. The zero-order chi connectivity index (χ0) is 19.5. The van der Waals surface area contributed by atoms with E-state index in [0.29, 0.717) is 22.0 Å². The summed E-state index contributed by atoms with van der Waals surface area (Å²) >= 11 is 0. The average Bonchev–Trinajstić information content (AvgIpc) is 2.73. The zero-order valence-corrected chi connectivity index (χ0v) is 15.3. The Bertz CT molecular complexity index is 1210. The number of aromatic hydroxyl groups is 1. The van der Waals surface area contributed by atoms with Crippen LogP contribution in [0.2, 0.25) is 0 Å². The standard InChI is InChI=1S/C23H19N3O2/c1-16-11-13-18(14-12-16)26-22(27)20-10-6-5-9-19(20)21(23(26)28)15-24-25-17-7-3-2-4-8-17/h2-15,25,28H,1H3. The molecule has 0 bridgehead atoms. The molecule has 0 unspecified atom stereocenters. The molecule has 2 N–H and O–H groups in total. The fourth-order valence-electron chi connectivity index (χ4n) is 3.11. The molecule has 0 fully saturated rings. The molecule has 0 aliphatic rings. The molecule has 0 radical (unpaired) electrons. The maximum Gasteiger partial charge on any atom is 0.265 e. The number of nitrogens with one attached hydrogen (secondary N) is 1. The Balaban J connectivity index is 1.87. The van der Waals surface area contributed by atoms with Crippen LogP contribution in [0.15, 0.2) is 88.8 Å². The van der Waals surface area contributed by atoms with Crippen molar-refractivity contribution in [1.82, 2.24) is 4.57 Å². The number of hydrazone groups is 1. The van der Waals surface area contributed by atoms with E-state index in [-0.39, 0.29) is 11.4 Å². The molecule has 4 aromatic rings. The molecule has 1 aromatic heterocycles. The van der Waals surface area contributed by atoms with E-state index in [9.17, 15) is 9.90 Å². The highest BCUT2D eigenvalue weighted by Gasteiger charge is 2.16. The van der Waals surface area contributed by atoms with Crippen LogP contribution < -0.4 is 11.0 Å². The van der Waals surface area contributed by atoms with Crippen molar-refractivity contribution in [2.24, 2.45) is 5.10 Å². The monoisotopic (exact) mass is 369 g/mol. The van der Waals surface area contributed by atoms with Crippen molar-refractivity contribution in [2.75, 3.05) is 5.43 Å². The average molecular weight is 369 g/mol. The second-order valence-corrected chi connectivity index (χ2v) is 6.50. The lowest BCUT2D eigenvalue weighted by molar-refractivity contribution is 0.436. The van der Waals surface area contributed by atoms with Crippen LogP contribution in [0.4, 0.5) is 5.69 Å². The van der Waals surface area contributed by atoms with Gasteiger partial charge in [-0.1, -0.05) is 54.1 Å². The molecule has 0 aliphatic carbocycles. The predicted octanol–water partition coefficient (Wildman–Crippen LogP) is 4.45. The van der Waals surface area contributed by atoms with Gasteiger partial charge in [-0.3, -0.25) is 10.2 Å². The topological polar surface area (TPSA) is 66.6 Å². The van der Waals surface area contributed by atoms with E-state index in [1.54, 1.807) is 12.1 Å². The Labute approximate surface area is 162 Å². The summed E-state index contributed by atoms with van der Waals surface area (Å²) in [7, 11) is 0. The van der Waals surface area contributed by atoms with Gasteiger partial charge in [0.15, 0.2) is 0 Å². The lowest BCUT2D eigenvalue weighted by atomic mass is 10.1. The molecule has 1 heterocycles. The molecular formula is C23H19N3O2. The molecule has 5 heteroatoms. The second-order valence-electron chi connectivity index (χ2n) is 6.50. The van der Waals surface area contributed by atoms with E-state index in [4.69, 9.17) is 0 Å². The van der Waals surface area contributed by atoms with Crippen LogP contribution in [-0.2, 0) is 0 Å². The first-order valence-electron chi connectivity index (χ1n) is 8.93. The van der Waals surface area contributed by atoms with E-state index in [2.05, 4.69) is 10.5 Å². The quantitative estimate of drug-likeness (QED) is 0.412. The number of hydrogen-bond donors (Lipinski definition) is 2. The van der Waals surface area contributed by atoms with Crippen molar-refractivity contribution < 1.29 is 5.11 Å². The summed E-state index contributed by atoms with van der Waals surface area (Å²) in [5.74, 6) is -0.147. The van der Waals surface area contributed by atoms with Gasteiger partial charge in [0.25, 0.3) is 5.56 Å². The normalized spacial score (nSPS) is 11.2. The van der Waals surface area contributed by atoms with E-state index in [1.165, 1.54) is 10.8 Å². The molecule has 28 heavy (non-hydrogen) atoms. The van der Waals surface area contributed by atoms with Gasteiger partial charge in [-0.25, -0.2) is 4.57 Å². The van der Waals surface area contributed by atoms with Crippen LogP contribution in [0.3, 0.4) is 0 Å². The summed E-state index contributed by atoms with van der Waals surface area (Å²) in [6, 6.07) is 24.2. The third kappa shape index (κ3) is 3.25. The highest BCUT2D eigenvalue weighted by atomic mass is 16.3. The number of pyridine rings is 1. The number of hydrogen-bond acceptors (Lipinski definition) is 4. The van der Waals surface area contributed by atoms with Crippen molar-refractivity contribution in [3.8, 4) is 11.6 Å². The van der Waals surface area contributed by atoms with Crippen LogP contribution in [-0.4, -0.2) is 15.9 Å². The number of aromatic nitrogens is 1. The van der Waals surface area contributed by atoms with Gasteiger partial charge in [-0.05, 0) is 37.3 Å². The van der Waals surface area contributed by atoms with Gasteiger partial charge in [-0.15, -0.1) is 0 Å². The van der Waals surface area contributed by atoms with E-state index >= 15 is 0 Å². The Morgan fingerprint density at radius 2 is 1.54 bits per heavy atom. The summed E-state index contributed by atoms with van der Waals surface area (Å²) in [5, 5.41) is 16.3. The third-order valence-corrected chi connectivity index (χ3v) is 4.56. The molecule has 138 valence electrons. The summed E-state index contributed by atoms with van der Waals surface area (Å²) in [4.78, 5) is 13.0. The SMILES string of the molecule is Cc1ccc(-n2c(O)c(C=NNc3ccccc3)c3ccccc3c2=O)cc1. The van der Waals surface area contributed by atoms with Crippen LogP contribution in [0.25, 0.3) is 16.5 Å². The van der Waals surface area contributed by atoms with Gasteiger partial charge in [0.2, 0.25) is 5.88 Å². The maximum atomic E-state index is 13.0. The van der Waals surface area contributed by atoms with E-state index in [1.807, 2.05) is 73.7 Å². The first kappa shape index (κ1) is 17.5. The minimum atomic E-state index is -0.273. The van der Waals surface area contributed by atoms with E-state index < -0.39 is 0 Å². The molecule has 3 aromatic carbocycles. The molecule has 5 nitrogen and oxygen atoms in total. The van der Waals surface area contributed by atoms with Gasteiger partial charge in [0.1, 0.15) is 0 Å². The van der Waals surface area contributed by atoms with Gasteiger partial charge in [-0.2, -0.15) is 5.10 Å². The van der Waals surface area contributed by atoms with Gasteiger partial charge in [0.05, 0.1) is 23.2 Å². The van der Waals surface area contributed by atoms with E-state index in [0.717, 1.165) is 11.3 Å². The maximum absolute atomic E-state index is 13.0. The molecule has 0 atom stereocenters. The third-order valence-electron chi connectivity index (χ3n) is 4.56. The first-order chi connectivity index (χ1) is 13.6. The molecule has 0 aliphatic heterocycles. The lowest BCUT2D eigenvalue weighted by Crippen LogP contribution is -2.20. The molecular weight excluding hydrogens is 350 g/mol. The largest absolute Gasteiger partial charge is 0.494 e. The highest BCUT2D eigenvalue weighted by molar-refractivity contribution is 6.01. The molecule has 0 saturated carbocycles. The Morgan fingerprint density at radius 3 is 2.25 bits per heavy atom. The summed E-state index contributed by atoms with van der Waals surface area (Å²) < 4.78 is 1.31. The molecule has 0 spiro atoms. The fourth-order valence-corrected chi connectivity index (χ4v) is 3.11.